The van der Waals surface area contributed by atoms with Crippen molar-refractivity contribution in [2.45, 2.75) is 0 Å². The van der Waals surface area contributed by atoms with Gasteiger partial charge < -0.3 is 14.2 Å². The summed E-state index contributed by atoms with van der Waals surface area (Å²) in [6.45, 7) is 1.05. The van der Waals surface area contributed by atoms with Crippen molar-refractivity contribution in [1.29, 1.82) is 0 Å². The molecule has 0 fully saturated rings. The molecule has 0 atom stereocenters. The van der Waals surface area contributed by atoms with E-state index in [2.05, 4.69) is 0 Å². The normalized spacial score (nSPS) is 13.3. The van der Waals surface area contributed by atoms with Gasteiger partial charge in [0.2, 0.25) is 0 Å². The van der Waals surface area contributed by atoms with Gasteiger partial charge in [0, 0.05) is 44.5 Å². The number of hydrogen-bond donors (Lipinski definition) is 0. The molecule has 2 aliphatic rings. The third-order valence-electron chi connectivity index (χ3n) is 6.79. The molecule has 0 amide bonds. The summed E-state index contributed by atoms with van der Waals surface area (Å²) >= 11 is 0. The van der Waals surface area contributed by atoms with E-state index < -0.39 is 0 Å². The highest BCUT2D eigenvalue weighted by Gasteiger charge is 2.30. The van der Waals surface area contributed by atoms with Crippen LogP contribution in [0.15, 0.2) is 84.9 Å². The summed E-state index contributed by atoms with van der Waals surface area (Å²) < 4.78 is 17.0. The van der Waals surface area contributed by atoms with Crippen LogP contribution in [0.4, 0.5) is 0 Å². The molecule has 39 heavy (non-hydrogen) atoms. The van der Waals surface area contributed by atoms with Crippen LogP contribution in [0.25, 0.3) is 0 Å². The fraction of sp³-hybridized carbons (Fsp3) is 0.125. The van der Waals surface area contributed by atoms with E-state index in [1.54, 1.807) is 84.9 Å². The Morgan fingerprint density at radius 2 is 0.718 bits per heavy atom. The van der Waals surface area contributed by atoms with Crippen molar-refractivity contribution in [2.75, 3.05) is 26.4 Å². The first-order valence-corrected chi connectivity index (χ1v) is 12.5. The lowest BCUT2D eigenvalue weighted by atomic mass is 9.84. The predicted molar refractivity (Wildman–Crippen MR) is 141 cm³/mol. The van der Waals surface area contributed by atoms with E-state index >= 15 is 0 Å². The summed E-state index contributed by atoms with van der Waals surface area (Å²) in [5, 5.41) is 0. The first-order valence-electron chi connectivity index (χ1n) is 12.5. The molecule has 6 rings (SSSR count). The second-order valence-electron chi connectivity index (χ2n) is 9.13. The van der Waals surface area contributed by atoms with Crippen molar-refractivity contribution in [3.8, 4) is 11.5 Å². The molecule has 0 unspecified atom stereocenters. The van der Waals surface area contributed by atoms with Gasteiger partial charge in [-0.25, -0.2) is 0 Å². The second-order valence-corrected chi connectivity index (χ2v) is 9.13. The summed E-state index contributed by atoms with van der Waals surface area (Å²) in [7, 11) is 0. The third-order valence-corrected chi connectivity index (χ3v) is 6.79. The summed E-state index contributed by atoms with van der Waals surface area (Å²) in [5.41, 5.74) is 3.04. The van der Waals surface area contributed by atoms with Crippen molar-refractivity contribution in [2.24, 2.45) is 0 Å². The van der Waals surface area contributed by atoms with E-state index in [0.717, 1.165) is 0 Å². The van der Waals surface area contributed by atoms with E-state index in [1.165, 1.54) is 0 Å². The molecular formula is C32H22O7. The summed E-state index contributed by atoms with van der Waals surface area (Å²) in [6.07, 6.45) is 0. The van der Waals surface area contributed by atoms with Crippen molar-refractivity contribution >= 4 is 23.1 Å². The van der Waals surface area contributed by atoms with E-state index in [-0.39, 0.29) is 49.6 Å². The summed E-state index contributed by atoms with van der Waals surface area (Å²) in [5.74, 6) is 0.213. The van der Waals surface area contributed by atoms with E-state index in [1.807, 2.05) is 0 Å². The Labute approximate surface area is 223 Å². The van der Waals surface area contributed by atoms with Gasteiger partial charge in [0.1, 0.15) is 24.7 Å². The lowest BCUT2D eigenvalue weighted by Gasteiger charge is -2.18. The monoisotopic (exact) mass is 518 g/mol. The molecule has 0 bridgehead atoms. The van der Waals surface area contributed by atoms with Crippen LogP contribution in [0.3, 0.4) is 0 Å². The molecule has 7 heteroatoms. The maximum absolute atomic E-state index is 12.9. The van der Waals surface area contributed by atoms with Gasteiger partial charge in [0.25, 0.3) is 0 Å². The molecule has 4 aromatic rings. The van der Waals surface area contributed by atoms with E-state index in [0.29, 0.717) is 56.0 Å². The molecule has 2 aliphatic carbocycles. The van der Waals surface area contributed by atoms with Gasteiger partial charge >= 0.3 is 0 Å². The molecule has 0 saturated carbocycles. The van der Waals surface area contributed by atoms with Crippen molar-refractivity contribution in [3.05, 3.63) is 129 Å². The van der Waals surface area contributed by atoms with Crippen LogP contribution in [0.1, 0.15) is 63.7 Å². The highest BCUT2D eigenvalue weighted by molar-refractivity contribution is 6.29. The van der Waals surface area contributed by atoms with Crippen LogP contribution in [-0.2, 0) is 4.74 Å². The molecule has 0 N–H and O–H groups in total. The number of ether oxygens (including phenoxy) is 3. The number of hydrogen-bond acceptors (Lipinski definition) is 7. The van der Waals surface area contributed by atoms with Gasteiger partial charge in [-0.1, -0.05) is 48.5 Å². The van der Waals surface area contributed by atoms with Crippen molar-refractivity contribution in [3.63, 3.8) is 0 Å². The Bertz CT molecular complexity index is 1540. The number of carbonyl (C=O) groups is 4. The average Bonchev–Trinajstić information content (AvgIpc) is 2.98. The number of ketones is 4. The van der Waals surface area contributed by atoms with Crippen LogP contribution < -0.4 is 9.47 Å². The van der Waals surface area contributed by atoms with Gasteiger partial charge in [-0.05, 0) is 36.4 Å². The molecule has 0 heterocycles. The first-order chi connectivity index (χ1) is 19.0. The summed E-state index contributed by atoms with van der Waals surface area (Å²) in [4.78, 5) is 51.2. The molecule has 0 aliphatic heterocycles. The average molecular weight is 519 g/mol. The maximum atomic E-state index is 12.9. The molecule has 0 aromatic heterocycles. The Balaban J connectivity index is 0.989. The standard InChI is InChI=1S/C32H22O7/c33-29-21-5-1-3-7-23(21)31(35)27-17-19(9-11-25(27)29)38-15-13-37-14-16-39-20-10-12-26-28(18-20)32(36)24-8-4-2-6-22(24)30(26)34/h1-12,17-18H,13-16H2. The zero-order chi connectivity index (χ0) is 26.9. The molecule has 0 radical (unpaired) electrons. The molecule has 4 aromatic carbocycles. The minimum absolute atomic E-state index is 0.171. The Morgan fingerprint density at radius 1 is 0.385 bits per heavy atom. The van der Waals surface area contributed by atoms with E-state index in [9.17, 15) is 19.2 Å². The fourth-order valence-corrected chi connectivity index (χ4v) is 4.88. The van der Waals surface area contributed by atoms with Crippen molar-refractivity contribution in [1.82, 2.24) is 0 Å². The SMILES string of the molecule is O=C1c2ccccc2C(=O)c2cc(OCCOCCOc3ccc4c(c3)C(=O)c3ccccc3C4=O)ccc21. The lowest BCUT2D eigenvalue weighted by Crippen LogP contribution is -2.21. The highest BCUT2D eigenvalue weighted by atomic mass is 16.5. The molecule has 192 valence electrons. The Morgan fingerprint density at radius 3 is 1.10 bits per heavy atom. The van der Waals surface area contributed by atoms with E-state index in [4.69, 9.17) is 14.2 Å². The Hall–Kier alpha value is -4.88. The molecule has 0 saturated heterocycles. The zero-order valence-electron chi connectivity index (χ0n) is 20.8. The number of carbonyl (C=O) groups excluding carboxylic acids is 4. The fourth-order valence-electron chi connectivity index (χ4n) is 4.88. The van der Waals surface area contributed by atoms with Crippen LogP contribution in [0, 0.1) is 0 Å². The molecule has 7 nitrogen and oxygen atoms in total. The topological polar surface area (TPSA) is 96.0 Å². The second kappa shape index (κ2) is 10.1. The first kappa shape index (κ1) is 24.5. The zero-order valence-corrected chi connectivity index (χ0v) is 20.8. The summed E-state index contributed by atoms with van der Waals surface area (Å²) in [6, 6.07) is 23.3. The van der Waals surface area contributed by atoms with Crippen molar-refractivity contribution < 1.29 is 33.4 Å². The number of fused-ring (bicyclic) bond motifs is 4. The van der Waals surface area contributed by atoms with Gasteiger partial charge in [0.15, 0.2) is 23.1 Å². The smallest absolute Gasteiger partial charge is 0.194 e. The van der Waals surface area contributed by atoms with Crippen LogP contribution in [0.5, 0.6) is 11.5 Å². The number of rotatable bonds is 8. The quantitative estimate of drug-likeness (QED) is 0.269. The van der Waals surface area contributed by atoms with Gasteiger partial charge in [0.05, 0.1) is 13.2 Å². The lowest BCUT2D eigenvalue weighted by molar-refractivity contribution is 0.0763. The van der Waals surface area contributed by atoms with Gasteiger partial charge in [-0.3, -0.25) is 19.2 Å². The number of benzene rings is 4. The minimum Gasteiger partial charge on any atom is -0.491 e. The Kier molecular flexibility index (Phi) is 6.34. The van der Waals surface area contributed by atoms with Gasteiger partial charge in [-0.15, -0.1) is 0 Å². The maximum Gasteiger partial charge on any atom is 0.194 e. The third kappa shape index (κ3) is 4.43. The molecule has 0 spiro atoms. The largest absolute Gasteiger partial charge is 0.491 e. The highest BCUT2D eigenvalue weighted by Crippen LogP contribution is 2.31. The predicted octanol–water partition coefficient (Wildman–Crippen LogP) is 4.71. The minimum atomic E-state index is -0.198. The van der Waals surface area contributed by atoms with Crippen LogP contribution in [0.2, 0.25) is 0 Å². The van der Waals surface area contributed by atoms with Crippen LogP contribution in [-0.4, -0.2) is 49.6 Å². The van der Waals surface area contributed by atoms with Gasteiger partial charge in [-0.2, -0.15) is 0 Å². The molecular weight excluding hydrogens is 496 g/mol. The van der Waals surface area contributed by atoms with Crippen LogP contribution >= 0.6 is 0 Å².